The lowest BCUT2D eigenvalue weighted by Gasteiger charge is -2.23. The van der Waals surface area contributed by atoms with Gasteiger partial charge < -0.3 is 15.4 Å². The number of piperidine rings is 1. The predicted octanol–water partition coefficient (Wildman–Crippen LogP) is 4.17. The number of halogens is 2. The van der Waals surface area contributed by atoms with E-state index in [0.29, 0.717) is 6.61 Å². The third-order valence-corrected chi connectivity index (χ3v) is 4.49. The Hall–Kier alpha value is -1.00. The highest BCUT2D eigenvalue weighted by Gasteiger charge is 2.13. The van der Waals surface area contributed by atoms with Crippen molar-refractivity contribution in [2.45, 2.75) is 26.3 Å². The Morgan fingerprint density at radius 3 is 2.58 bits per heavy atom. The van der Waals surface area contributed by atoms with Crippen molar-refractivity contribution < 1.29 is 4.74 Å². The van der Waals surface area contributed by atoms with E-state index in [1.165, 1.54) is 29.2 Å². The minimum Gasteiger partial charge on any atom is -0.494 e. The van der Waals surface area contributed by atoms with E-state index >= 15 is 0 Å². The number of nitrogens with one attached hydrogen (secondary N) is 2. The zero-order valence-electron chi connectivity index (χ0n) is 14.2. The second-order valence-electron chi connectivity index (χ2n) is 6.02. The molecule has 1 aliphatic rings. The fourth-order valence-electron chi connectivity index (χ4n) is 3.28. The second-order valence-corrected chi connectivity index (χ2v) is 6.02. The number of fused-ring (bicyclic) bond motifs is 1. The molecule has 0 atom stereocenters. The van der Waals surface area contributed by atoms with Crippen molar-refractivity contribution in [1.29, 1.82) is 0 Å². The van der Waals surface area contributed by atoms with E-state index in [4.69, 9.17) is 4.74 Å². The van der Waals surface area contributed by atoms with Gasteiger partial charge in [-0.2, -0.15) is 0 Å². The number of benzene rings is 2. The van der Waals surface area contributed by atoms with Crippen molar-refractivity contribution >= 4 is 35.6 Å². The first kappa shape index (κ1) is 21.0. The van der Waals surface area contributed by atoms with E-state index in [1.54, 1.807) is 0 Å². The molecule has 3 rings (SSSR count). The van der Waals surface area contributed by atoms with E-state index in [2.05, 4.69) is 47.0 Å². The van der Waals surface area contributed by atoms with E-state index in [0.717, 1.165) is 37.8 Å². The molecule has 3 nitrogen and oxygen atoms in total. The average Bonchev–Trinajstić information content (AvgIpc) is 2.57. The molecular weight excluding hydrogens is 343 g/mol. The average molecular weight is 371 g/mol. The van der Waals surface area contributed by atoms with Gasteiger partial charge >= 0.3 is 0 Å². The fraction of sp³-hybridized carbons (Fsp3) is 0.474. The van der Waals surface area contributed by atoms with Gasteiger partial charge in [0.2, 0.25) is 0 Å². The molecule has 0 aliphatic carbocycles. The zero-order chi connectivity index (χ0) is 15.2. The van der Waals surface area contributed by atoms with Gasteiger partial charge in [0, 0.05) is 12.1 Å². The van der Waals surface area contributed by atoms with Crippen LogP contribution in [0, 0.1) is 5.92 Å². The summed E-state index contributed by atoms with van der Waals surface area (Å²) >= 11 is 0. The van der Waals surface area contributed by atoms with E-state index in [9.17, 15) is 0 Å². The highest BCUT2D eigenvalue weighted by atomic mass is 35.5. The zero-order valence-corrected chi connectivity index (χ0v) is 15.8. The quantitative estimate of drug-likeness (QED) is 0.800. The Balaban J connectivity index is 0.00000144. The van der Waals surface area contributed by atoms with Crippen LogP contribution in [0.2, 0.25) is 0 Å². The monoisotopic (exact) mass is 370 g/mol. The van der Waals surface area contributed by atoms with Crippen LogP contribution in [-0.2, 0) is 6.54 Å². The molecule has 0 radical (unpaired) electrons. The Labute approximate surface area is 157 Å². The first-order valence-electron chi connectivity index (χ1n) is 8.43. The summed E-state index contributed by atoms with van der Waals surface area (Å²) in [5.74, 6) is 1.81. The van der Waals surface area contributed by atoms with Gasteiger partial charge in [0.05, 0.1) is 6.61 Å². The van der Waals surface area contributed by atoms with Crippen molar-refractivity contribution in [3.05, 3.63) is 42.0 Å². The summed E-state index contributed by atoms with van der Waals surface area (Å²) in [6.45, 7) is 7.04. The molecule has 2 aromatic carbocycles. The van der Waals surface area contributed by atoms with Gasteiger partial charge in [-0.3, -0.25) is 0 Å². The van der Waals surface area contributed by atoms with Crippen molar-refractivity contribution in [3.8, 4) is 5.75 Å². The molecule has 1 aliphatic heterocycles. The Morgan fingerprint density at radius 1 is 1.08 bits per heavy atom. The Morgan fingerprint density at radius 2 is 1.83 bits per heavy atom. The molecule has 1 fully saturated rings. The third-order valence-electron chi connectivity index (χ3n) is 4.49. The summed E-state index contributed by atoms with van der Waals surface area (Å²) in [5.41, 5.74) is 1.29. The molecular formula is C19H28Cl2N2O. The third kappa shape index (κ3) is 5.25. The van der Waals surface area contributed by atoms with E-state index in [-0.39, 0.29) is 24.8 Å². The highest BCUT2D eigenvalue weighted by Crippen LogP contribution is 2.28. The SMILES string of the molecule is CCOc1ccc2ccccc2c1CNCC1CCNCC1.Cl.Cl. The van der Waals surface area contributed by atoms with Crippen molar-refractivity contribution in [3.63, 3.8) is 0 Å². The number of rotatable bonds is 6. The molecule has 134 valence electrons. The minimum absolute atomic E-state index is 0. The number of ether oxygens (including phenoxy) is 1. The van der Waals surface area contributed by atoms with Crippen molar-refractivity contribution in [2.75, 3.05) is 26.2 Å². The summed E-state index contributed by atoms with van der Waals surface area (Å²) in [4.78, 5) is 0. The van der Waals surface area contributed by atoms with Crippen LogP contribution in [0.5, 0.6) is 5.75 Å². The first-order chi connectivity index (χ1) is 10.9. The fourth-order valence-corrected chi connectivity index (χ4v) is 3.28. The first-order valence-corrected chi connectivity index (χ1v) is 8.43. The normalized spacial score (nSPS) is 14.7. The molecule has 0 spiro atoms. The molecule has 0 aromatic heterocycles. The molecule has 0 saturated carbocycles. The summed E-state index contributed by atoms with van der Waals surface area (Å²) in [7, 11) is 0. The maximum atomic E-state index is 5.84. The summed E-state index contributed by atoms with van der Waals surface area (Å²) in [6.07, 6.45) is 2.56. The van der Waals surface area contributed by atoms with Crippen LogP contribution in [0.3, 0.4) is 0 Å². The molecule has 0 amide bonds. The number of hydrogen-bond donors (Lipinski definition) is 2. The van der Waals surface area contributed by atoms with Crippen LogP contribution < -0.4 is 15.4 Å². The largest absolute Gasteiger partial charge is 0.494 e. The van der Waals surface area contributed by atoms with Crippen LogP contribution >= 0.6 is 24.8 Å². The van der Waals surface area contributed by atoms with Gasteiger partial charge in [-0.15, -0.1) is 24.8 Å². The predicted molar refractivity (Wildman–Crippen MR) is 107 cm³/mol. The maximum Gasteiger partial charge on any atom is 0.124 e. The molecule has 1 saturated heterocycles. The van der Waals surface area contributed by atoms with Gasteiger partial charge in [-0.25, -0.2) is 0 Å². The van der Waals surface area contributed by atoms with Gasteiger partial charge in [0.1, 0.15) is 5.75 Å². The molecule has 1 heterocycles. The number of hydrogen-bond acceptors (Lipinski definition) is 3. The molecule has 0 unspecified atom stereocenters. The van der Waals surface area contributed by atoms with Crippen LogP contribution in [0.15, 0.2) is 36.4 Å². The van der Waals surface area contributed by atoms with Crippen molar-refractivity contribution in [2.24, 2.45) is 5.92 Å². The van der Waals surface area contributed by atoms with E-state index < -0.39 is 0 Å². The molecule has 2 N–H and O–H groups in total. The Bertz CT molecular complexity index is 615. The maximum absolute atomic E-state index is 5.84. The lowest BCUT2D eigenvalue weighted by atomic mass is 9.98. The van der Waals surface area contributed by atoms with Crippen LogP contribution in [-0.4, -0.2) is 26.2 Å². The lowest BCUT2D eigenvalue weighted by Crippen LogP contribution is -2.33. The molecule has 0 bridgehead atoms. The Kier molecular flexibility index (Phi) is 9.45. The van der Waals surface area contributed by atoms with Gasteiger partial charge in [-0.05, 0) is 62.2 Å². The second kappa shape index (κ2) is 10.8. The lowest BCUT2D eigenvalue weighted by molar-refractivity contribution is 0.332. The van der Waals surface area contributed by atoms with E-state index in [1.807, 2.05) is 6.92 Å². The minimum atomic E-state index is 0. The molecule has 2 aromatic rings. The van der Waals surface area contributed by atoms with Crippen LogP contribution in [0.4, 0.5) is 0 Å². The van der Waals surface area contributed by atoms with Crippen molar-refractivity contribution in [1.82, 2.24) is 10.6 Å². The van der Waals surface area contributed by atoms with Crippen LogP contribution in [0.25, 0.3) is 10.8 Å². The topological polar surface area (TPSA) is 33.3 Å². The summed E-state index contributed by atoms with van der Waals surface area (Å²) < 4.78 is 5.84. The smallest absolute Gasteiger partial charge is 0.124 e. The highest BCUT2D eigenvalue weighted by molar-refractivity contribution is 5.87. The molecule has 5 heteroatoms. The summed E-state index contributed by atoms with van der Waals surface area (Å²) in [5, 5.41) is 9.66. The van der Waals surface area contributed by atoms with Gasteiger partial charge in [0.25, 0.3) is 0 Å². The van der Waals surface area contributed by atoms with Gasteiger partial charge in [0.15, 0.2) is 0 Å². The van der Waals surface area contributed by atoms with Crippen LogP contribution in [0.1, 0.15) is 25.3 Å². The summed E-state index contributed by atoms with van der Waals surface area (Å²) in [6, 6.07) is 12.8. The standard InChI is InChI=1S/C19H26N2O.2ClH/c1-2-22-19-8-7-16-5-3-4-6-17(16)18(19)14-21-13-15-9-11-20-12-10-15;;/h3-8,15,20-21H,2,9-14H2,1H3;2*1H. The molecule has 24 heavy (non-hydrogen) atoms. The van der Waals surface area contributed by atoms with Gasteiger partial charge in [-0.1, -0.05) is 30.3 Å².